The van der Waals surface area contributed by atoms with E-state index in [1.54, 1.807) is 0 Å². The first-order valence-corrected chi connectivity index (χ1v) is 5.94. The lowest BCUT2D eigenvalue weighted by Gasteiger charge is -2.07. The van der Waals surface area contributed by atoms with Gasteiger partial charge in [0.15, 0.2) is 0 Å². The van der Waals surface area contributed by atoms with Crippen LogP contribution < -0.4 is 0 Å². The third-order valence-electron chi connectivity index (χ3n) is 2.96. The summed E-state index contributed by atoms with van der Waals surface area (Å²) in [6.07, 6.45) is 0. The number of carboxylic acid groups (broad SMARTS) is 3. The Morgan fingerprint density at radius 3 is 1.68 bits per heavy atom. The minimum absolute atomic E-state index is 0.160. The third-order valence-corrected chi connectivity index (χ3v) is 2.96. The molecule has 2 rings (SSSR count). The number of aromatic carboxylic acids is 3. The van der Waals surface area contributed by atoms with Gasteiger partial charge in [0.25, 0.3) is 0 Å². The van der Waals surface area contributed by atoms with Crippen LogP contribution in [0.5, 0.6) is 0 Å². The molecule has 3 N–H and O–H groups in total. The summed E-state index contributed by atoms with van der Waals surface area (Å²) in [5, 5.41) is 26.7. The van der Waals surface area contributed by atoms with E-state index in [4.69, 9.17) is 15.3 Å². The number of rotatable bonds is 4. The Morgan fingerprint density at radius 2 is 1.27 bits per heavy atom. The van der Waals surface area contributed by atoms with Gasteiger partial charge >= 0.3 is 17.9 Å². The summed E-state index contributed by atoms with van der Waals surface area (Å²) in [5.41, 5.74) is -0.729. The molecule has 112 valence electrons. The van der Waals surface area contributed by atoms with Crippen LogP contribution in [0.15, 0.2) is 36.4 Å². The van der Waals surface area contributed by atoms with Crippen molar-refractivity contribution in [3.05, 3.63) is 58.9 Å². The van der Waals surface area contributed by atoms with E-state index in [-0.39, 0.29) is 22.3 Å². The van der Waals surface area contributed by atoms with Gasteiger partial charge in [-0.1, -0.05) is 6.07 Å². The average molecular weight is 304 g/mol. The molecule has 2 aromatic carbocycles. The Kier molecular flexibility index (Phi) is 3.89. The lowest BCUT2D eigenvalue weighted by molar-refractivity contribution is 0.0679. The summed E-state index contributed by atoms with van der Waals surface area (Å²) in [6.45, 7) is 0. The lowest BCUT2D eigenvalue weighted by Crippen LogP contribution is -2.04. The van der Waals surface area contributed by atoms with Crippen molar-refractivity contribution >= 4 is 17.9 Å². The molecule has 6 nitrogen and oxygen atoms in total. The van der Waals surface area contributed by atoms with E-state index in [1.807, 2.05) is 0 Å². The highest BCUT2D eigenvalue weighted by atomic mass is 19.1. The molecule has 2 aromatic rings. The van der Waals surface area contributed by atoms with E-state index < -0.39 is 29.3 Å². The highest BCUT2D eigenvalue weighted by molar-refractivity contribution is 5.96. The first-order chi connectivity index (χ1) is 10.3. The molecule has 0 atom stereocenters. The molecule has 0 aliphatic carbocycles. The highest BCUT2D eigenvalue weighted by Gasteiger charge is 2.15. The molecule has 22 heavy (non-hydrogen) atoms. The number of benzene rings is 2. The molecule has 0 aliphatic rings. The highest BCUT2D eigenvalue weighted by Crippen LogP contribution is 2.25. The van der Waals surface area contributed by atoms with Crippen LogP contribution in [0.3, 0.4) is 0 Å². The maximum Gasteiger partial charge on any atom is 0.338 e. The van der Waals surface area contributed by atoms with E-state index in [1.165, 1.54) is 18.2 Å². The van der Waals surface area contributed by atoms with Gasteiger partial charge in [-0.15, -0.1) is 0 Å². The standard InChI is InChI=1S/C15H9FO6/c16-12-6-7(1-2-11(12)15(21)22)8-3-9(13(17)18)5-10(4-8)14(19)20/h1-6H,(H,17,18)(H,19,20)(H,21,22). The third kappa shape index (κ3) is 2.93. The largest absolute Gasteiger partial charge is 0.478 e. The average Bonchev–Trinajstić information content (AvgIpc) is 2.46. The number of halogens is 1. The van der Waals surface area contributed by atoms with Crippen molar-refractivity contribution in [3.8, 4) is 11.1 Å². The second-order valence-electron chi connectivity index (χ2n) is 4.41. The smallest absolute Gasteiger partial charge is 0.338 e. The van der Waals surface area contributed by atoms with Crippen LogP contribution in [-0.4, -0.2) is 33.2 Å². The molecule has 0 heterocycles. The fourth-order valence-corrected chi connectivity index (χ4v) is 1.91. The summed E-state index contributed by atoms with van der Waals surface area (Å²) >= 11 is 0. The van der Waals surface area contributed by atoms with Gasteiger partial charge in [0, 0.05) is 0 Å². The maximum atomic E-state index is 13.7. The molecule has 0 fully saturated rings. The van der Waals surface area contributed by atoms with Gasteiger partial charge in [0.05, 0.1) is 16.7 Å². The van der Waals surface area contributed by atoms with Gasteiger partial charge in [-0.05, 0) is 41.5 Å². The van der Waals surface area contributed by atoms with Gasteiger partial charge in [-0.25, -0.2) is 18.8 Å². The zero-order valence-electron chi connectivity index (χ0n) is 10.9. The van der Waals surface area contributed by atoms with Gasteiger partial charge in [-0.2, -0.15) is 0 Å². The molecule has 0 unspecified atom stereocenters. The van der Waals surface area contributed by atoms with Crippen LogP contribution in [0.1, 0.15) is 31.1 Å². The molecule has 0 aromatic heterocycles. The Hall–Kier alpha value is -3.22. The van der Waals surface area contributed by atoms with Crippen molar-refractivity contribution in [2.24, 2.45) is 0 Å². The Morgan fingerprint density at radius 1 is 0.727 bits per heavy atom. The number of hydrogen-bond acceptors (Lipinski definition) is 3. The molecular formula is C15H9FO6. The topological polar surface area (TPSA) is 112 Å². The van der Waals surface area contributed by atoms with Crippen LogP contribution in [0.25, 0.3) is 11.1 Å². The van der Waals surface area contributed by atoms with Gasteiger partial charge in [-0.3, -0.25) is 0 Å². The van der Waals surface area contributed by atoms with Crippen molar-refractivity contribution in [2.45, 2.75) is 0 Å². The van der Waals surface area contributed by atoms with Crippen molar-refractivity contribution in [1.82, 2.24) is 0 Å². The van der Waals surface area contributed by atoms with Crippen LogP contribution in [0, 0.1) is 5.82 Å². The molecule has 0 spiro atoms. The molecule has 0 bridgehead atoms. The summed E-state index contributed by atoms with van der Waals surface area (Å²) in [5.74, 6) is -5.09. The molecule has 0 saturated heterocycles. The normalized spacial score (nSPS) is 10.2. The Labute approximate surface area is 123 Å². The summed E-state index contributed by atoms with van der Waals surface area (Å²) in [4.78, 5) is 32.8. The minimum Gasteiger partial charge on any atom is -0.478 e. The fourth-order valence-electron chi connectivity index (χ4n) is 1.91. The molecular weight excluding hydrogens is 295 g/mol. The van der Waals surface area contributed by atoms with Crippen LogP contribution in [-0.2, 0) is 0 Å². The second-order valence-corrected chi connectivity index (χ2v) is 4.41. The zero-order chi connectivity index (χ0) is 16.4. The number of carboxylic acids is 3. The van der Waals surface area contributed by atoms with Crippen LogP contribution in [0.4, 0.5) is 4.39 Å². The van der Waals surface area contributed by atoms with Gasteiger partial charge in [0.1, 0.15) is 5.82 Å². The summed E-state index contributed by atoms with van der Waals surface area (Å²) < 4.78 is 13.7. The summed E-state index contributed by atoms with van der Waals surface area (Å²) in [6, 6.07) is 6.57. The van der Waals surface area contributed by atoms with Crippen molar-refractivity contribution < 1.29 is 34.1 Å². The predicted octanol–water partition coefficient (Wildman–Crippen LogP) is 2.59. The second kappa shape index (κ2) is 5.65. The van der Waals surface area contributed by atoms with E-state index in [0.717, 1.165) is 18.2 Å². The van der Waals surface area contributed by atoms with E-state index >= 15 is 0 Å². The van der Waals surface area contributed by atoms with E-state index in [0.29, 0.717) is 0 Å². The van der Waals surface area contributed by atoms with Crippen LogP contribution >= 0.6 is 0 Å². The maximum absolute atomic E-state index is 13.7. The number of carbonyl (C=O) groups is 3. The fraction of sp³-hybridized carbons (Fsp3) is 0. The minimum atomic E-state index is -1.44. The summed E-state index contributed by atoms with van der Waals surface area (Å²) in [7, 11) is 0. The molecule has 0 aliphatic heterocycles. The Bertz CT molecular complexity index is 764. The Balaban J connectivity index is 2.61. The monoisotopic (exact) mass is 304 g/mol. The van der Waals surface area contributed by atoms with E-state index in [9.17, 15) is 18.8 Å². The molecule has 7 heteroatoms. The zero-order valence-corrected chi connectivity index (χ0v) is 10.9. The van der Waals surface area contributed by atoms with Crippen molar-refractivity contribution in [1.29, 1.82) is 0 Å². The van der Waals surface area contributed by atoms with Crippen molar-refractivity contribution in [2.75, 3.05) is 0 Å². The number of hydrogen-bond donors (Lipinski definition) is 3. The first-order valence-electron chi connectivity index (χ1n) is 5.94. The van der Waals surface area contributed by atoms with E-state index in [2.05, 4.69) is 0 Å². The SMILES string of the molecule is O=C(O)c1cc(C(=O)O)cc(-c2ccc(C(=O)O)c(F)c2)c1. The van der Waals surface area contributed by atoms with Crippen molar-refractivity contribution in [3.63, 3.8) is 0 Å². The lowest BCUT2D eigenvalue weighted by atomic mass is 9.98. The molecule has 0 saturated carbocycles. The van der Waals surface area contributed by atoms with Gasteiger partial charge in [0.2, 0.25) is 0 Å². The first kappa shape index (κ1) is 15.2. The quantitative estimate of drug-likeness (QED) is 0.800. The molecule has 0 amide bonds. The van der Waals surface area contributed by atoms with Crippen LogP contribution in [0.2, 0.25) is 0 Å². The van der Waals surface area contributed by atoms with Gasteiger partial charge < -0.3 is 15.3 Å². The predicted molar refractivity (Wildman–Crippen MR) is 72.7 cm³/mol. The molecule has 0 radical (unpaired) electrons.